The monoisotopic (exact) mass is 242 g/mol. The van der Waals surface area contributed by atoms with Gasteiger partial charge in [-0.2, -0.15) is 0 Å². The second-order valence-corrected chi connectivity index (χ2v) is 2.79. The number of nitrogens with zero attached hydrogens (tertiary/aromatic N) is 1. The van der Waals surface area contributed by atoms with Crippen molar-refractivity contribution in [2.24, 2.45) is 5.73 Å². The quantitative estimate of drug-likeness (QED) is 0.591. The number of amides is 2. The molecule has 0 saturated heterocycles. The number of rotatable bonds is 5. The minimum absolute atomic E-state index is 0.0451. The predicted octanol–water partition coefficient (Wildman–Crippen LogP) is 1.90. The zero-order valence-electron chi connectivity index (χ0n) is 10.5. The van der Waals surface area contributed by atoms with E-state index in [1.165, 1.54) is 19.2 Å². The summed E-state index contributed by atoms with van der Waals surface area (Å²) >= 11 is 0. The summed E-state index contributed by atoms with van der Waals surface area (Å²) in [6.45, 7) is 10.4. The molecular weight excluding hydrogens is 223 g/mol. The first-order valence-electron chi connectivity index (χ1n) is 5.12. The van der Waals surface area contributed by atoms with Crippen LogP contribution in [0.4, 0.5) is 4.39 Å². The van der Waals surface area contributed by atoms with Crippen molar-refractivity contribution in [3.8, 4) is 0 Å². The third-order valence-corrected chi connectivity index (χ3v) is 1.61. The maximum Gasteiger partial charge on any atom is 0.236 e. The van der Waals surface area contributed by atoms with E-state index in [9.17, 15) is 14.0 Å². The van der Waals surface area contributed by atoms with Crippen LogP contribution in [0.15, 0.2) is 36.8 Å². The molecule has 0 radical (unpaired) electrons. The van der Waals surface area contributed by atoms with Gasteiger partial charge in [0.15, 0.2) is 0 Å². The van der Waals surface area contributed by atoms with Gasteiger partial charge in [-0.15, -0.1) is 0 Å². The molecule has 0 saturated carbocycles. The lowest BCUT2D eigenvalue weighted by atomic mass is 10.3. The molecule has 0 aliphatic rings. The van der Waals surface area contributed by atoms with Gasteiger partial charge in [-0.25, -0.2) is 4.39 Å². The molecule has 5 heteroatoms. The van der Waals surface area contributed by atoms with E-state index in [0.29, 0.717) is 0 Å². The Morgan fingerprint density at radius 3 is 2.18 bits per heavy atom. The normalized spacial score (nSPS) is 9.76. The van der Waals surface area contributed by atoms with Crippen molar-refractivity contribution < 1.29 is 14.0 Å². The zero-order valence-corrected chi connectivity index (χ0v) is 10.5. The van der Waals surface area contributed by atoms with Gasteiger partial charge in [0.1, 0.15) is 12.2 Å². The Morgan fingerprint density at radius 2 is 1.88 bits per heavy atom. The van der Waals surface area contributed by atoms with Crippen LogP contribution in [0.25, 0.3) is 0 Å². The van der Waals surface area contributed by atoms with Gasteiger partial charge in [-0.1, -0.05) is 33.1 Å². The minimum Gasteiger partial charge on any atom is -0.369 e. The molecule has 0 aromatic rings. The lowest BCUT2D eigenvalue weighted by Gasteiger charge is -2.18. The van der Waals surface area contributed by atoms with Crippen LogP contribution in [-0.2, 0) is 9.59 Å². The van der Waals surface area contributed by atoms with Gasteiger partial charge in [0.05, 0.1) is 5.70 Å². The van der Waals surface area contributed by atoms with Crippen molar-refractivity contribution in [1.82, 2.24) is 4.90 Å². The number of carbonyl (C=O) groups excluding carboxylic acids is 2. The fourth-order valence-electron chi connectivity index (χ4n) is 0.898. The maximum atomic E-state index is 12.9. The lowest BCUT2D eigenvalue weighted by molar-refractivity contribution is -0.132. The Kier molecular flexibility index (Phi) is 9.59. The smallest absolute Gasteiger partial charge is 0.236 e. The summed E-state index contributed by atoms with van der Waals surface area (Å²) in [5.74, 6) is -2.15. The number of allylic oxidation sites excluding steroid dienone is 3. The van der Waals surface area contributed by atoms with E-state index in [0.717, 1.165) is 4.90 Å². The average Bonchev–Trinajstić information content (AvgIpc) is 2.26. The molecule has 0 spiro atoms. The van der Waals surface area contributed by atoms with Crippen LogP contribution in [0.2, 0.25) is 0 Å². The first kappa shape index (κ1) is 17.5. The van der Waals surface area contributed by atoms with Gasteiger partial charge in [0.2, 0.25) is 11.8 Å². The van der Waals surface area contributed by atoms with E-state index in [4.69, 9.17) is 5.73 Å². The summed E-state index contributed by atoms with van der Waals surface area (Å²) in [7, 11) is 1.32. The van der Waals surface area contributed by atoms with E-state index in [1.54, 1.807) is 0 Å². The Morgan fingerprint density at radius 1 is 1.41 bits per heavy atom. The van der Waals surface area contributed by atoms with Crippen molar-refractivity contribution in [3.05, 3.63) is 36.8 Å². The van der Waals surface area contributed by atoms with E-state index in [1.807, 2.05) is 13.8 Å². The summed E-state index contributed by atoms with van der Waals surface area (Å²) < 4.78 is 12.9. The van der Waals surface area contributed by atoms with Crippen molar-refractivity contribution in [1.29, 1.82) is 0 Å². The van der Waals surface area contributed by atoms with Gasteiger partial charge >= 0.3 is 0 Å². The van der Waals surface area contributed by atoms with Crippen LogP contribution < -0.4 is 5.73 Å². The van der Waals surface area contributed by atoms with Crippen LogP contribution in [0.1, 0.15) is 20.3 Å². The molecule has 0 aliphatic heterocycles. The fourth-order valence-corrected chi connectivity index (χ4v) is 0.898. The number of likely N-dealkylation sites (N-methyl/N-ethyl adjacent to an activating group) is 1. The second-order valence-electron chi connectivity index (χ2n) is 2.79. The van der Waals surface area contributed by atoms with Gasteiger partial charge in [0, 0.05) is 7.05 Å². The van der Waals surface area contributed by atoms with Gasteiger partial charge in [0.25, 0.3) is 0 Å². The number of halogens is 1. The maximum absolute atomic E-state index is 12.9. The molecule has 0 fully saturated rings. The van der Waals surface area contributed by atoms with Crippen LogP contribution in [-0.4, -0.2) is 23.8 Å². The van der Waals surface area contributed by atoms with Gasteiger partial charge in [-0.05, 0) is 6.08 Å². The molecule has 2 N–H and O–H groups in total. The highest BCUT2D eigenvalue weighted by molar-refractivity contribution is 5.96. The Hall–Kier alpha value is -1.91. The molecule has 0 aliphatic carbocycles. The highest BCUT2D eigenvalue weighted by Gasteiger charge is 2.17. The summed E-state index contributed by atoms with van der Waals surface area (Å²) in [5.41, 5.74) is 4.79. The Bertz CT molecular complexity index is 335. The summed E-state index contributed by atoms with van der Waals surface area (Å²) in [5, 5.41) is 0. The Balaban J connectivity index is 0. The fraction of sp³-hybridized carbons (Fsp3) is 0.333. The van der Waals surface area contributed by atoms with Crippen molar-refractivity contribution >= 4 is 11.8 Å². The van der Waals surface area contributed by atoms with Crippen LogP contribution in [0.3, 0.4) is 0 Å². The first-order valence-corrected chi connectivity index (χ1v) is 5.12. The molecule has 0 heterocycles. The SMILES string of the molecule is C=C/C=C(\C(=C)F)N(C)C(=O)CC(N)=O.CC. The van der Waals surface area contributed by atoms with Crippen molar-refractivity contribution in [2.75, 3.05) is 7.05 Å². The standard InChI is InChI=1S/C10H13FN2O2.C2H6/c1-4-5-8(7(2)11)13(3)10(15)6-9(12)14;1-2/h4-5H,1-2,6H2,3H3,(H2,12,14);1-2H3/b8-5+;. The van der Waals surface area contributed by atoms with E-state index >= 15 is 0 Å². The molecular formula is C12H19FN2O2. The summed E-state index contributed by atoms with van der Waals surface area (Å²) in [6, 6.07) is 0. The van der Waals surface area contributed by atoms with Crippen LogP contribution >= 0.6 is 0 Å². The van der Waals surface area contributed by atoms with E-state index in [-0.39, 0.29) is 5.70 Å². The first-order chi connectivity index (χ1) is 7.90. The summed E-state index contributed by atoms with van der Waals surface area (Å²) in [4.78, 5) is 22.8. The van der Waals surface area contributed by atoms with Crippen molar-refractivity contribution in [3.63, 3.8) is 0 Å². The van der Waals surface area contributed by atoms with Gasteiger partial charge in [-0.3, -0.25) is 9.59 Å². The predicted molar refractivity (Wildman–Crippen MR) is 66.5 cm³/mol. The summed E-state index contributed by atoms with van der Waals surface area (Å²) in [6.07, 6.45) is 2.12. The molecule has 0 unspecified atom stereocenters. The van der Waals surface area contributed by atoms with Crippen LogP contribution in [0, 0.1) is 0 Å². The zero-order chi connectivity index (χ0) is 14.0. The van der Waals surface area contributed by atoms with E-state index in [2.05, 4.69) is 13.2 Å². The molecule has 0 atom stereocenters. The van der Waals surface area contributed by atoms with Crippen LogP contribution in [0.5, 0.6) is 0 Å². The molecule has 17 heavy (non-hydrogen) atoms. The molecule has 96 valence electrons. The molecule has 0 rings (SSSR count). The minimum atomic E-state index is -0.782. The third-order valence-electron chi connectivity index (χ3n) is 1.61. The second kappa shape index (κ2) is 9.33. The Labute approximate surface area is 101 Å². The third kappa shape index (κ3) is 7.05. The largest absolute Gasteiger partial charge is 0.369 e. The molecule has 0 bridgehead atoms. The molecule has 4 nitrogen and oxygen atoms in total. The van der Waals surface area contributed by atoms with E-state index < -0.39 is 24.1 Å². The molecule has 0 aromatic carbocycles. The van der Waals surface area contributed by atoms with Crippen molar-refractivity contribution in [2.45, 2.75) is 20.3 Å². The van der Waals surface area contributed by atoms with Gasteiger partial charge < -0.3 is 10.6 Å². The highest BCUT2D eigenvalue weighted by Crippen LogP contribution is 2.14. The number of nitrogens with two attached hydrogens (primary N) is 1. The number of hydrogen-bond donors (Lipinski definition) is 1. The molecule has 0 aromatic heterocycles. The number of carbonyl (C=O) groups is 2. The highest BCUT2D eigenvalue weighted by atomic mass is 19.1. The number of hydrogen-bond acceptors (Lipinski definition) is 2. The lowest BCUT2D eigenvalue weighted by Crippen LogP contribution is -2.30. The molecule has 2 amide bonds. The number of primary amides is 1. The topological polar surface area (TPSA) is 63.4 Å². The average molecular weight is 242 g/mol.